The van der Waals surface area contributed by atoms with Crippen molar-refractivity contribution in [1.29, 1.82) is 0 Å². The van der Waals surface area contributed by atoms with E-state index in [-0.39, 0.29) is 24.2 Å². The highest BCUT2D eigenvalue weighted by atomic mass is 35.5. The summed E-state index contributed by atoms with van der Waals surface area (Å²) in [7, 11) is 0. The summed E-state index contributed by atoms with van der Waals surface area (Å²) in [6.45, 7) is 5.87. The number of halogens is 1. The van der Waals surface area contributed by atoms with E-state index in [0.29, 0.717) is 31.0 Å². The third kappa shape index (κ3) is 7.85. The zero-order valence-electron chi connectivity index (χ0n) is 13.8. The molecule has 6 nitrogen and oxygen atoms in total. The van der Waals surface area contributed by atoms with Crippen molar-refractivity contribution >= 4 is 29.9 Å². The first-order valence-corrected chi connectivity index (χ1v) is 7.43. The average Bonchev–Trinajstić information content (AvgIpc) is 2.43. The number of benzene rings is 1. The molecule has 0 fully saturated rings. The molecule has 0 aliphatic rings. The van der Waals surface area contributed by atoms with Gasteiger partial charge < -0.3 is 21.1 Å². The van der Waals surface area contributed by atoms with Gasteiger partial charge in [-0.15, -0.1) is 12.4 Å². The number of anilines is 1. The van der Waals surface area contributed by atoms with E-state index >= 15 is 0 Å². The van der Waals surface area contributed by atoms with E-state index in [4.69, 9.17) is 10.5 Å². The summed E-state index contributed by atoms with van der Waals surface area (Å²) in [5.41, 5.74) is 5.76. The second kappa shape index (κ2) is 10.1. The molecule has 7 heteroatoms. The maximum absolute atomic E-state index is 11.9. The third-order valence-corrected chi connectivity index (χ3v) is 3.10. The lowest BCUT2D eigenvalue weighted by Crippen LogP contribution is -2.52. The number of rotatable bonds is 8. The molecule has 1 rings (SSSR count). The van der Waals surface area contributed by atoms with Crippen molar-refractivity contribution in [3.8, 4) is 5.75 Å². The predicted octanol–water partition coefficient (Wildman–Crippen LogP) is 2.08. The Labute approximate surface area is 143 Å². The van der Waals surface area contributed by atoms with Gasteiger partial charge in [0.15, 0.2) is 0 Å². The van der Waals surface area contributed by atoms with E-state index in [2.05, 4.69) is 10.6 Å². The molecule has 2 amide bonds. The van der Waals surface area contributed by atoms with Crippen LogP contribution in [0.1, 0.15) is 33.6 Å². The lowest BCUT2D eigenvalue weighted by atomic mass is 9.97. The van der Waals surface area contributed by atoms with Gasteiger partial charge in [-0.1, -0.05) is 19.4 Å². The molecule has 0 aromatic heterocycles. The van der Waals surface area contributed by atoms with Crippen molar-refractivity contribution in [2.24, 2.45) is 5.73 Å². The van der Waals surface area contributed by atoms with E-state index in [1.807, 2.05) is 6.92 Å². The summed E-state index contributed by atoms with van der Waals surface area (Å²) in [6, 6.07) is 7.09. The first kappa shape index (κ1) is 21.2. The number of carbonyl (C=O) groups excluding carboxylic acids is 2. The van der Waals surface area contributed by atoms with Crippen LogP contribution in [0.4, 0.5) is 5.69 Å². The summed E-state index contributed by atoms with van der Waals surface area (Å²) in [5, 5.41) is 5.45. The Hall–Kier alpha value is -1.79. The Morgan fingerprint density at radius 1 is 1.35 bits per heavy atom. The van der Waals surface area contributed by atoms with Crippen LogP contribution in [0.5, 0.6) is 5.75 Å². The molecule has 130 valence electrons. The van der Waals surface area contributed by atoms with Gasteiger partial charge in [-0.05, 0) is 25.5 Å². The van der Waals surface area contributed by atoms with Crippen LogP contribution in [0.2, 0.25) is 0 Å². The van der Waals surface area contributed by atoms with E-state index in [1.165, 1.54) is 6.92 Å². The smallest absolute Gasteiger partial charge is 0.239 e. The van der Waals surface area contributed by atoms with Gasteiger partial charge in [-0.3, -0.25) is 9.59 Å². The van der Waals surface area contributed by atoms with Crippen LogP contribution in [0.25, 0.3) is 0 Å². The summed E-state index contributed by atoms with van der Waals surface area (Å²) in [5.74, 6) is 0.317. The summed E-state index contributed by atoms with van der Waals surface area (Å²) in [4.78, 5) is 22.9. The highest BCUT2D eigenvalue weighted by molar-refractivity contribution is 5.88. The van der Waals surface area contributed by atoms with Crippen LogP contribution < -0.4 is 21.1 Å². The molecular weight excluding hydrogens is 318 g/mol. The molecule has 0 aliphatic heterocycles. The van der Waals surface area contributed by atoms with Gasteiger partial charge in [0.2, 0.25) is 11.8 Å². The number of hydrogen-bond acceptors (Lipinski definition) is 4. The summed E-state index contributed by atoms with van der Waals surface area (Å²) >= 11 is 0. The Bertz CT molecular complexity index is 521. The maximum Gasteiger partial charge on any atom is 0.239 e. The van der Waals surface area contributed by atoms with Gasteiger partial charge in [-0.2, -0.15) is 0 Å². The molecule has 1 unspecified atom stereocenters. The number of carbonyl (C=O) groups is 2. The monoisotopic (exact) mass is 343 g/mol. The molecule has 4 N–H and O–H groups in total. The number of nitrogens with two attached hydrogens (primary N) is 1. The van der Waals surface area contributed by atoms with E-state index < -0.39 is 5.54 Å². The van der Waals surface area contributed by atoms with Crippen molar-refractivity contribution < 1.29 is 14.3 Å². The molecule has 0 saturated carbocycles. The molecule has 1 aromatic carbocycles. The molecule has 1 atom stereocenters. The standard InChI is InChI=1S/C16H25N3O3.ClH/c1-4-8-16(3,17)15(21)18-9-10-22-14-7-5-6-13(11-14)19-12(2)20;/h5-7,11H,4,8-10,17H2,1-3H3,(H,18,21)(H,19,20);1H. The maximum atomic E-state index is 11.9. The van der Waals surface area contributed by atoms with Gasteiger partial charge >= 0.3 is 0 Å². The minimum absolute atomic E-state index is 0. The molecular formula is C16H26ClN3O3. The van der Waals surface area contributed by atoms with Gasteiger partial charge in [0, 0.05) is 18.7 Å². The van der Waals surface area contributed by atoms with Crippen molar-refractivity contribution in [2.75, 3.05) is 18.5 Å². The lowest BCUT2D eigenvalue weighted by molar-refractivity contribution is -0.126. The quantitative estimate of drug-likeness (QED) is 0.630. The number of amides is 2. The van der Waals surface area contributed by atoms with Gasteiger partial charge in [0.1, 0.15) is 12.4 Å². The molecule has 0 spiro atoms. The Kier molecular flexibility index (Phi) is 9.29. The van der Waals surface area contributed by atoms with E-state index in [9.17, 15) is 9.59 Å². The highest BCUT2D eigenvalue weighted by Crippen LogP contribution is 2.17. The van der Waals surface area contributed by atoms with Crippen LogP contribution in [0.15, 0.2) is 24.3 Å². The molecule has 0 heterocycles. The fraction of sp³-hybridized carbons (Fsp3) is 0.500. The lowest BCUT2D eigenvalue weighted by Gasteiger charge is -2.22. The highest BCUT2D eigenvalue weighted by Gasteiger charge is 2.26. The number of nitrogens with one attached hydrogen (secondary N) is 2. The van der Waals surface area contributed by atoms with Crippen molar-refractivity contribution in [2.45, 2.75) is 39.2 Å². The molecule has 0 saturated heterocycles. The largest absolute Gasteiger partial charge is 0.492 e. The van der Waals surface area contributed by atoms with Crippen LogP contribution >= 0.6 is 12.4 Å². The van der Waals surface area contributed by atoms with E-state index in [0.717, 1.165) is 6.42 Å². The fourth-order valence-corrected chi connectivity index (χ4v) is 2.04. The zero-order chi connectivity index (χ0) is 16.6. The minimum Gasteiger partial charge on any atom is -0.492 e. The summed E-state index contributed by atoms with van der Waals surface area (Å²) in [6.07, 6.45) is 1.49. The molecule has 0 bridgehead atoms. The Morgan fingerprint density at radius 3 is 2.65 bits per heavy atom. The fourth-order valence-electron chi connectivity index (χ4n) is 2.04. The second-order valence-corrected chi connectivity index (χ2v) is 5.48. The normalized spacial score (nSPS) is 12.5. The summed E-state index contributed by atoms with van der Waals surface area (Å²) < 4.78 is 5.54. The Morgan fingerprint density at radius 2 is 2.04 bits per heavy atom. The van der Waals surface area contributed by atoms with Crippen molar-refractivity contribution in [1.82, 2.24) is 5.32 Å². The third-order valence-electron chi connectivity index (χ3n) is 3.10. The van der Waals surface area contributed by atoms with Gasteiger partial charge in [0.25, 0.3) is 0 Å². The second-order valence-electron chi connectivity index (χ2n) is 5.48. The van der Waals surface area contributed by atoms with Crippen LogP contribution in [0, 0.1) is 0 Å². The molecule has 0 aliphatic carbocycles. The first-order chi connectivity index (χ1) is 10.3. The van der Waals surface area contributed by atoms with Crippen molar-refractivity contribution in [3.05, 3.63) is 24.3 Å². The van der Waals surface area contributed by atoms with Crippen LogP contribution in [0.3, 0.4) is 0 Å². The van der Waals surface area contributed by atoms with Gasteiger partial charge in [-0.25, -0.2) is 0 Å². The molecule has 23 heavy (non-hydrogen) atoms. The van der Waals surface area contributed by atoms with Crippen molar-refractivity contribution in [3.63, 3.8) is 0 Å². The van der Waals surface area contributed by atoms with Crippen LogP contribution in [-0.4, -0.2) is 30.5 Å². The van der Waals surface area contributed by atoms with Gasteiger partial charge in [0.05, 0.1) is 12.1 Å². The zero-order valence-corrected chi connectivity index (χ0v) is 14.7. The SMILES string of the molecule is CCCC(C)(N)C(=O)NCCOc1cccc(NC(C)=O)c1.Cl. The average molecular weight is 344 g/mol. The predicted molar refractivity (Wildman–Crippen MR) is 94.0 cm³/mol. The topological polar surface area (TPSA) is 93.5 Å². The van der Waals surface area contributed by atoms with E-state index in [1.54, 1.807) is 31.2 Å². The first-order valence-electron chi connectivity index (χ1n) is 7.43. The molecule has 0 radical (unpaired) electrons. The number of ether oxygens (including phenoxy) is 1. The molecule has 1 aromatic rings. The Balaban J connectivity index is 0.00000484. The van der Waals surface area contributed by atoms with Crippen LogP contribution in [-0.2, 0) is 9.59 Å². The minimum atomic E-state index is -0.847. The number of hydrogen-bond donors (Lipinski definition) is 3.